The number of aliphatic hydroxyl groups excluding tert-OH is 1. The number of aliphatic hydroxyl groups is 1. The van der Waals surface area contributed by atoms with Crippen LogP contribution in [-0.2, 0) is 10.0 Å². The average Bonchev–Trinajstić information content (AvgIpc) is 2.86. The SMILES string of the molecule is Cc1cc(N)c([N+](=O)[O-])cc1S(=O)(=O)N1CCCC1CO. The van der Waals surface area contributed by atoms with Crippen LogP contribution in [0.15, 0.2) is 17.0 Å². The Morgan fingerprint density at radius 2 is 2.19 bits per heavy atom. The summed E-state index contributed by atoms with van der Waals surface area (Å²) in [5.74, 6) is 0. The number of nitrogens with zero attached hydrogens (tertiary/aromatic N) is 2. The van der Waals surface area contributed by atoms with Gasteiger partial charge in [-0.2, -0.15) is 4.31 Å². The molecule has 1 saturated heterocycles. The Balaban J connectivity index is 2.54. The van der Waals surface area contributed by atoms with Gasteiger partial charge in [-0.1, -0.05) is 0 Å². The summed E-state index contributed by atoms with van der Waals surface area (Å²) in [6, 6.07) is 1.80. The number of nitro benzene ring substituents is 1. The second-order valence-electron chi connectivity index (χ2n) is 5.03. The lowest BCUT2D eigenvalue weighted by atomic mass is 10.2. The summed E-state index contributed by atoms with van der Waals surface area (Å²) in [5, 5.41) is 20.2. The van der Waals surface area contributed by atoms with Crippen LogP contribution >= 0.6 is 0 Å². The van der Waals surface area contributed by atoms with E-state index in [1.807, 2.05) is 0 Å². The summed E-state index contributed by atoms with van der Waals surface area (Å²) in [6.45, 7) is 1.57. The number of nitrogens with two attached hydrogens (primary N) is 1. The standard InChI is InChI=1S/C12H17N3O5S/c1-8-5-10(13)11(15(17)18)6-12(8)21(19,20)14-4-2-3-9(14)7-16/h5-6,9,16H,2-4,7,13H2,1H3. The van der Waals surface area contributed by atoms with Gasteiger partial charge in [0.05, 0.1) is 16.4 Å². The van der Waals surface area contributed by atoms with E-state index < -0.39 is 26.7 Å². The number of hydrogen-bond acceptors (Lipinski definition) is 6. The molecule has 1 aromatic rings. The monoisotopic (exact) mass is 315 g/mol. The van der Waals surface area contributed by atoms with Crippen LogP contribution < -0.4 is 5.73 Å². The van der Waals surface area contributed by atoms with Crippen LogP contribution in [0.2, 0.25) is 0 Å². The highest BCUT2D eigenvalue weighted by atomic mass is 32.2. The van der Waals surface area contributed by atoms with Crippen molar-refractivity contribution in [2.45, 2.75) is 30.7 Å². The zero-order valence-corrected chi connectivity index (χ0v) is 12.3. The molecule has 9 heteroatoms. The topological polar surface area (TPSA) is 127 Å². The molecule has 0 radical (unpaired) electrons. The number of aryl methyl sites for hydroxylation is 1. The third-order valence-corrected chi connectivity index (χ3v) is 5.74. The molecule has 116 valence electrons. The fourth-order valence-electron chi connectivity index (χ4n) is 2.57. The van der Waals surface area contributed by atoms with Gasteiger partial charge in [0, 0.05) is 18.7 Å². The molecular formula is C12H17N3O5S. The Bertz CT molecular complexity index is 674. The van der Waals surface area contributed by atoms with Gasteiger partial charge >= 0.3 is 0 Å². The fraction of sp³-hybridized carbons (Fsp3) is 0.500. The number of hydrogen-bond donors (Lipinski definition) is 2. The van der Waals surface area contributed by atoms with Gasteiger partial charge in [0.1, 0.15) is 5.69 Å². The van der Waals surface area contributed by atoms with Crippen molar-refractivity contribution in [3.8, 4) is 0 Å². The largest absolute Gasteiger partial charge is 0.395 e. The predicted molar refractivity (Wildman–Crippen MR) is 76.2 cm³/mol. The zero-order valence-electron chi connectivity index (χ0n) is 11.5. The highest BCUT2D eigenvalue weighted by Crippen LogP contribution is 2.32. The average molecular weight is 315 g/mol. The van der Waals surface area contributed by atoms with Crippen LogP contribution in [0.1, 0.15) is 18.4 Å². The van der Waals surface area contributed by atoms with E-state index in [4.69, 9.17) is 5.73 Å². The quantitative estimate of drug-likeness (QED) is 0.476. The first kappa shape index (κ1) is 15.7. The zero-order chi connectivity index (χ0) is 15.8. The molecule has 0 amide bonds. The maximum atomic E-state index is 12.7. The molecule has 1 aromatic carbocycles. The molecule has 8 nitrogen and oxygen atoms in total. The molecule has 1 unspecified atom stereocenters. The lowest BCUT2D eigenvalue weighted by Crippen LogP contribution is -2.37. The van der Waals surface area contributed by atoms with E-state index in [1.165, 1.54) is 17.3 Å². The van der Waals surface area contributed by atoms with Gasteiger partial charge in [0.25, 0.3) is 5.69 Å². The van der Waals surface area contributed by atoms with Crippen molar-refractivity contribution < 1.29 is 18.4 Å². The molecule has 3 N–H and O–H groups in total. The minimum Gasteiger partial charge on any atom is -0.395 e. The van der Waals surface area contributed by atoms with Gasteiger partial charge in [0.15, 0.2) is 0 Å². The van der Waals surface area contributed by atoms with Gasteiger partial charge < -0.3 is 10.8 Å². The molecular weight excluding hydrogens is 298 g/mol. The second kappa shape index (κ2) is 5.58. The fourth-order valence-corrected chi connectivity index (χ4v) is 4.48. The minimum absolute atomic E-state index is 0.0726. The third kappa shape index (κ3) is 2.71. The molecule has 0 aliphatic carbocycles. The Morgan fingerprint density at radius 1 is 1.52 bits per heavy atom. The van der Waals surface area contributed by atoms with Crippen LogP contribution in [0.25, 0.3) is 0 Å². The summed E-state index contributed by atoms with van der Waals surface area (Å²) < 4.78 is 26.5. The molecule has 1 atom stereocenters. The minimum atomic E-state index is -3.89. The van der Waals surface area contributed by atoms with E-state index in [0.717, 1.165) is 6.07 Å². The lowest BCUT2D eigenvalue weighted by Gasteiger charge is -2.23. The first-order valence-electron chi connectivity index (χ1n) is 6.46. The van der Waals surface area contributed by atoms with Crippen molar-refractivity contribution in [1.29, 1.82) is 0 Å². The second-order valence-corrected chi connectivity index (χ2v) is 6.89. The molecule has 1 fully saturated rings. The normalized spacial score (nSPS) is 19.8. The van der Waals surface area contributed by atoms with Crippen molar-refractivity contribution in [3.63, 3.8) is 0 Å². The number of rotatable bonds is 4. The predicted octanol–water partition coefficient (Wildman–Crippen LogP) is 0.631. The Kier molecular flexibility index (Phi) is 4.17. The van der Waals surface area contributed by atoms with E-state index in [2.05, 4.69) is 0 Å². The van der Waals surface area contributed by atoms with Crippen LogP contribution in [-0.4, -0.2) is 41.9 Å². The summed E-state index contributed by atoms with van der Waals surface area (Å²) in [7, 11) is -3.89. The number of nitro groups is 1. The van der Waals surface area contributed by atoms with E-state index in [0.29, 0.717) is 24.9 Å². The van der Waals surface area contributed by atoms with Gasteiger partial charge in [0.2, 0.25) is 10.0 Å². The van der Waals surface area contributed by atoms with Crippen molar-refractivity contribution in [1.82, 2.24) is 4.31 Å². The van der Waals surface area contributed by atoms with Gasteiger partial charge in [-0.3, -0.25) is 10.1 Å². The van der Waals surface area contributed by atoms with Gasteiger partial charge in [-0.15, -0.1) is 0 Å². The highest BCUT2D eigenvalue weighted by Gasteiger charge is 2.36. The van der Waals surface area contributed by atoms with Crippen LogP contribution in [0, 0.1) is 17.0 Å². The van der Waals surface area contributed by atoms with Crippen LogP contribution in [0.5, 0.6) is 0 Å². The number of anilines is 1. The van der Waals surface area contributed by atoms with E-state index in [9.17, 15) is 23.6 Å². The van der Waals surface area contributed by atoms with Crippen LogP contribution in [0.3, 0.4) is 0 Å². The first-order chi connectivity index (χ1) is 9.78. The maximum Gasteiger partial charge on any atom is 0.293 e. The summed E-state index contributed by atoms with van der Waals surface area (Å²) in [5.41, 5.74) is 5.40. The molecule has 2 rings (SSSR count). The summed E-state index contributed by atoms with van der Waals surface area (Å²) >= 11 is 0. The van der Waals surface area contributed by atoms with E-state index >= 15 is 0 Å². The highest BCUT2D eigenvalue weighted by molar-refractivity contribution is 7.89. The molecule has 1 aliphatic rings. The number of sulfonamides is 1. The van der Waals surface area contributed by atoms with Crippen molar-refractivity contribution in [2.75, 3.05) is 18.9 Å². The first-order valence-corrected chi connectivity index (χ1v) is 7.90. The molecule has 0 bridgehead atoms. The molecule has 0 spiro atoms. The molecule has 1 heterocycles. The van der Waals surface area contributed by atoms with Gasteiger partial charge in [-0.25, -0.2) is 8.42 Å². The number of benzene rings is 1. The molecule has 0 saturated carbocycles. The van der Waals surface area contributed by atoms with Crippen LogP contribution in [0.4, 0.5) is 11.4 Å². The summed E-state index contributed by atoms with van der Waals surface area (Å²) in [6.07, 6.45) is 1.23. The summed E-state index contributed by atoms with van der Waals surface area (Å²) in [4.78, 5) is 10.1. The lowest BCUT2D eigenvalue weighted by molar-refractivity contribution is -0.384. The Morgan fingerprint density at radius 3 is 2.76 bits per heavy atom. The smallest absolute Gasteiger partial charge is 0.293 e. The maximum absolute atomic E-state index is 12.7. The van der Waals surface area contributed by atoms with Crippen molar-refractivity contribution in [2.24, 2.45) is 0 Å². The molecule has 1 aliphatic heterocycles. The van der Waals surface area contributed by atoms with E-state index in [-0.39, 0.29) is 17.2 Å². The van der Waals surface area contributed by atoms with Gasteiger partial charge in [-0.05, 0) is 31.4 Å². The van der Waals surface area contributed by atoms with E-state index in [1.54, 1.807) is 0 Å². The number of nitrogen functional groups attached to an aromatic ring is 1. The van der Waals surface area contributed by atoms with Crippen molar-refractivity contribution >= 4 is 21.4 Å². The third-order valence-electron chi connectivity index (χ3n) is 3.64. The Labute approximate surface area is 122 Å². The molecule has 21 heavy (non-hydrogen) atoms. The molecule has 0 aromatic heterocycles. The Hall–Kier alpha value is -1.71. The van der Waals surface area contributed by atoms with Crippen molar-refractivity contribution in [3.05, 3.63) is 27.8 Å².